The van der Waals surface area contributed by atoms with Crippen LogP contribution in [0.15, 0.2) is 12.2 Å². The molecule has 0 N–H and O–H groups in total. The van der Waals surface area contributed by atoms with E-state index in [1.54, 1.807) is 6.92 Å². The second-order valence-corrected chi connectivity index (χ2v) is 4.25. The molecule has 0 aromatic carbocycles. The predicted molar refractivity (Wildman–Crippen MR) is 51.8 cm³/mol. The standard InChI is InChI=1S/C11H16O3/c1-7(2)11(12)13-6-8-5-9-3-4-10(8)14-9/h8-10H,1,3-6H2,2H3. The number of carbonyl (C=O) groups excluding carboxylic acids is 1. The van der Waals surface area contributed by atoms with Gasteiger partial charge in [-0.05, 0) is 26.2 Å². The Morgan fingerprint density at radius 1 is 1.57 bits per heavy atom. The molecule has 0 aromatic rings. The van der Waals surface area contributed by atoms with E-state index in [4.69, 9.17) is 9.47 Å². The van der Waals surface area contributed by atoms with Gasteiger partial charge in [0.1, 0.15) is 0 Å². The first-order valence-electron chi connectivity index (χ1n) is 5.15. The average Bonchev–Trinajstić information content (AvgIpc) is 2.74. The largest absolute Gasteiger partial charge is 0.462 e. The van der Waals surface area contributed by atoms with Crippen molar-refractivity contribution in [2.75, 3.05) is 6.61 Å². The highest BCUT2D eigenvalue weighted by Gasteiger charge is 2.41. The highest BCUT2D eigenvalue weighted by atomic mass is 16.5. The minimum atomic E-state index is -0.284. The molecular formula is C11H16O3. The van der Waals surface area contributed by atoms with E-state index in [0.29, 0.717) is 30.3 Å². The van der Waals surface area contributed by atoms with E-state index >= 15 is 0 Å². The molecule has 2 bridgehead atoms. The van der Waals surface area contributed by atoms with Crippen molar-refractivity contribution in [1.82, 2.24) is 0 Å². The van der Waals surface area contributed by atoms with Crippen molar-refractivity contribution in [2.45, 2.75) is 38.4 Å². The summed E-state index contributed by atoms with van der Waals surface area (Å²) in [5.74, 6) is 0.129. The Morgan fingerprint density at radius 2 is 2.36 bits per heavy atom. The number of hydrogen-bond donors (Lipinski definition) is 0. The zero-order valence-electron chi connectivity index (χ0n) is 8.49. The van der Waals surface area contributed by atoms with E-state index in [1.807, 2.05) is 0 Å². The summed E-state index contributed by atoms with van der Waals surface area (Å²) < 4.78 is 10.8. The SMILES string of the molecule is C=C(C)C(=O)OCC1CC2CCC1O2. The molecular weight excluding hydrogens is 180 g/mol. The molecule has 0 aliphatic carbocycles. The summed E-state index contributed by atoms with van der Waals surface area (Å²) in [6.45, 7) is 5.70. The number of rotatable bonds is 3. The van der Waals surface area contributed by atoms with Gasteiger partial charge in [0.05, 0.1) is 18.8 Å². The molecule has 2 heterocycles. The number of esters is 1. The summed E-state index contributed by atoms with van der Waals surface area (Å²) in [6, 6.07) is 0. The van der Waals surface area contributed by atoms with Gasteiger partial charge in [-0.1, -0.05) is 6.58 Å². The van der Waals surface area contributed by atoms with E-state index in [2.05, 4.69) is 6.58 Å². The van der Waals surface area contributed by atoms with Crippen LogP contribution in [0.25, 0.3) is 0 Å². The number of fused-ring (bicyclic) bond motifs is 2. The minimum Gasteiger partial charge on any atom is -0.462 e. The third-order valence-electron chi connectivity index (χ3n) is 3.01. The van der Waals surface area contributed by atoms with Gasteiger partial charge in [0.2, 0.25) is 0 Å². The average molecular weight is 196 g/mol. The molecule has 0 spiro atoms. The van der Waals surface area contributed by atoms with Crippen LogP contribution in [0, 0.1) is 5.92 Å². The fraction of sp³-hybridized carbons (Fsp3) is 0.727. The molecule has 78 valence electrons. The number of ether oxygens (including phenoxy) is 2. The van der Waals surface area contributed by atoms with Crippen molar-refractivity contribution in [2.24, 2.45) is 5.92 Å². The summed E-state index contributed by atoms with van der Waals surface area (Å²) in [5, 5.41) is 0. The van der Waals surface area contributed by atoms with Gasteiger partial charge in [-0.3, -0.25) is 0 Å². The summed E-state index contributed by atoms with van der Waals surface area (Å²) in [6.07, 6.45) is 4.11. The minimum absolute atomic E-state index is 0.284. The topological polar surface area (TPSA) is 35.5 Å². The Bertz CT molecular complexity index is 259. The van der Waals surface area contributed by atoms with Crippen molar-refractivity contribution in [3.63, 3.8) is 0 Å². The molecule has 0 aromatic heterocycles. The summed E-state index contributed by atoms with van der Waals surface area (Å²) in [5.41, 5.74) is 0.467. The fourth-order valence-electron chi connectivity index (χ4n) is 2.22. The van der Waals surface area contributed by atoms with Gasteiger partial charge in [0, 0.05) is 11.5 Å². The molecule has 14 heavy (non-hydrogen) atoms. The monoisotopic (exact) mass is 196 g/mol. The summed E-state index contributed by atoms with van der Waals surface area (Å²) in [7, 11) is 0. The molecule has 2 rings (SSSR count). The molecule has 3 heteroatoms. The van der Waals surface area contributed by atoms with Crippen LogP contribution in [0.2, 0.25) is 0 Å². The van der Waals surface area contributed by atoms with Crippen LogP contribution in [-0.4, -0.2) is 24.8 Å². The first-order chi connectivity index (χ1) is 6.66. The lowest BCUT2D eigenvalue weighted by atomic mass is 9.90. The molecule has 0 radical (unpaired) electrons. The van der Waals surface area contributed by atoms with Crippen LogP contribution in [0.3, 0.4) is 0 Å². The maximum atomic E-state index is 11.1. The highest BCUT2D eigenvalue weighted by Crippen LogP contribution is 2.38. The smallest absolute Gasteiger partial charge is 0.333 e. The number of hydrogen-bond acceptors (Lipinski definition) is 3. The van der Waals surface area contributed by atoms with Gasteiger partial charge in [-0.15, -0.1) is 0 Å². The molecule has 3 nitrogen and oxygen atoms in total. The summed E-state index contributed by atoms with van der Waals surface area (Å²) >= 11 is 0. The van der Waals surface area contributed by atoms with Crippen molar-refractivity contribution < 1.29 is 14.3 Å². The van der Waals surface area contributed by atoms with Crippen LogP contribution in [0.5, 0.6) is 0 Å². The molecule has 3 atom stereocenters. The second-order valence-electron chi connectivity index (χ2n) is 4.25. The van der Waals surface area contributed by atoms with Crippen LogP contribution in [0.1, 0.15) is 26.2 Å². The Balaban J connectivity index is 1.77. The van der Waals surface area contributed by atoms with Crippen molar-refractivity contribution in [1.29, 1.82) is 0 Å². The van der Waals surface area contributed by atoms with Gasteiger partial charge in [-0.2, -0.15) is 0 Å². The molecule has 2 saturated heterocycles. The molecule has 2 aliphatic heterocycles. The van der Waals surface area contributed by atoms with Crippen LogP contribution >= 0.6 is 0 Å². The van der Waals surface area contributed by atoms with E-state index in [9.17, 15) is 4.79 Å². The zero-order valence-corrected chi connectivity index (χ0v) is 8.49. The molecule has 2 aliphatic rings. The van der Waals surface area contributed by atoms with Crippen molar-refractivity contribution >= 4 is 5.97 Å². The lowest BCUT2D eigenvalue weighted by molar-refractivity contribution is -0.140. The van der Waals surface area contributed by atoms with E-state index < -0.39 is 0 Å². The molecule has 2 fully saturated rings. The van der Waals surface area contributed by atoms with Gasteiger partial charge in [0.15, 0.2) is 0 Å². The third kappa shape index (κ3) is 1.82. The lowest BCUT2D eigenvalue weighted by Crippen LogP contribution is -2.23. The highest BCUT2D eigenvalue weighted by molar-refractivity contribution is 5.86. The quantitative estimate of drug-likeness (QED) is 0.509. The molecule has 3 unspecified atom stereocenters. The maximum Gasteiger partial charge on any atom is 0.333 e. The van der Waals surface area contributed by atoms with Gasteiger partial charge < -0.3 is 9.47 Å². The Morgan fingerprint density at radius 3 is 2.86 bits per heavy atom. The third-order valence-corrected chi connectivity index (χ3v) is 3.01. The predicted octanol–water partition coefficient (Wildman–Crippen LogP) is 1.67. The van der Waals surface area contributed by atoms with Gasteiger partial charge >= 0.3 is 5.97 Å². The maximum absolute atomic E-state index is 11.1. The van der Waals surface area contributed by atoms with Crippen LogP contribution < -0.4 is 0 Å². The van der Waals surface area contributed by atoms with E-state index in [-0.39, 0.29) is 5.97 Å². The van der Waals surface area contributed by atoms with Crippen molar-refractivity contribution in [3.8, 4) is 0 Å². The van der Waals surface area contributed by atoms with Crippen LogP contribution in [0.4, 0.5) is 0 Å². The van der Waals surface area contributed by atoms with Gasteiger partial charge in [0.25, 0.3) is 0 Å². The first kappa shape index (κ1) is 9.71. The van der Waals surface area contributed by atoms with E-state index in [1.165, 1.54) is 6.42 Å². The molecule has 0 amide bonds. The fourth-order valence-corrected chi connectivity index (χ4v) is 2.22. The summed E-state index contributed by atoms with van der Waals surface area (Å²) in [4.78, 5) is 11.1. The Kier molecular flexibility index (Phi) is 2.59. The first-order valence-corrected chi connectivity index (χ1v) is 5.15. The normalized spacial score (nSPS) is 34.5. The Labute approximate surface area is 84.1 Å². The van der Waals surface area contributed by atoms with Crippen molar-refractivity contribution in [3.05, 3.63) is 12.2 Å². The Hall–Kier alpha value is -0.830. The van der Waals surface area contributed by atoms with Gasteiger partial charge in [-0.25, -0.2) is 4.79 Å². The van der Waals surface area contributed by atoms with E-state index in [0.717, 1.165) is 12.8 Å². The number of carbonyl (C=O) groups is 1. The zero-order chi connectivity index (χ0) is 10.1. The molecule has 0 saturated carbocycles. The lowest BCUT2D eigenvalue weighted by Gasteiger charge is -2.17. The second kappa shape index (κ2) is 3.73. The van der Waals surface area contributed by atoms with Crippen LogP contribution in [-0.2, 0) is 14.3 Å².